The summed E-state index contributed by atoms with van der Waals surface area (Å²) in [5, 5.41) is 3.41. The summed E-state index contributed by atoms with van der Waals surface area (Å²) < 4.78 is 18.7. The van der Waals surface area contributed by atoms with Crippen molar-refractivity contribution in [2.45, 2.75) is 52.0 Å². The highest BCUT2D eigenvalue weighted by Crippen LogP contribution is 2.22. The Bertz CT molecular complexity index is 533. The molecule has 0 unspecified atom stereocenters. The van der Waals surface area contributed by atoms with Gasteiger partial charge in [0.15, 0.2) is 0 Å². The molecule has 0 saturated heterocycles. The first-order valence-electron chi connectivity index (χ1n) is 8.35. The van der Waals surface area contributed by atoms with Gasteiger partial charge in [-0.1, -0.05) is 39.0 Å². The normalized spacial score (nSPS) is 11.0. The highest BCUT2D eigenvalue weighted by Gasteiger charge is 2.04. The summed E-state index contributed by atoms with van der Waals surface area (Å²) in [6.45, 7) is 4.01. The van der Waals surface area contributed by atoms with Crippen LogP contribution >= 0.6 is 0 Å². The van der Waals surface area contributed by atoms with E-state index in [-0.39, 0.29) is 5.82 Å². The zero-order chi connectivity index (χ0) is 15.6. The molecule has 0 radical (unpaired) electrons. The fourth-order valence-corrected chi connectivity index (χ4v) is 2.48. The van der Waals surface area contributed by atoms with Gasteiger partial charge in [-0.05, 0) is 49.4 Å². The first-order valence-corrected chi connectivity index (χ1v) is 8.35. The zero-order valence-electron chi connectivity index (χ0n) is 13.4. The number of furan rings is 1. The van der Waals surface area contributed by atoms with Crippen molar-refractivity contribution in [1.82, 2.24) is 5.32 Å². The molecule has 2 aromatic rings. The third-order valence-electron chi connectivity index (χ3n) is 3.80. The fourth-order valence-electron chi connectivity index (χ4n) is 2.48. The number of benzene rings is 1. The summed E-state index contributed by atoms with van der Waals surface area (Å²) in [7, 11) is 0. The average Bonchev–Trinajstić information content (AvgIpc) is 2.99. The Morgan fingerprint density at radius 1 is 0.909 bits per heavy atom. The Balaban J connectivity index is 1.66. The van der Waals surface area contributed by atoms with Gasteiger partial charge in [-0.15, -0.1) is 0 Å². The molecule has 0 aliphatic carbocycles. The lowest BCUT2D eigenvalue weighted by molar-refractivity contribution is 0.485. The molecule has 0 aliphatic rings. The summed E-state index contributed by atoms with van der Waals surface area (Å²) in [6.07, 6.45) is 7.86. The molecule has 0 amide bonds. The van der Waals surface area contributed by atoms with E-state index in [9.17, 15) is 4.39 Å². The van der Waals surface area contributed by atoms with E-state index >= 15 is 0 Å². The van der Waals surface area contributed by atoms with Crippen LogP contribution in [0.25, 0.3) is 11.3 Å². The number of hydrogen-bond donors (Lipinski definition) is 1. The van der Waals surface area contributed by atoms with Crippen LogP contribution in [-0.4, -0.2) is 6.54 Å². The number of nitrogens with one attached hydrogen (secondary N) is 1. The van der Waals surface area contributed by atoms with Gasteiger partial charge in [0.25, 0.3) is 0 Å². The van der Waals surface area contributed by atoms with Crippen molar-refractivity contribution in [3.05, 3.63) is 48.0 Å². The van der Waals surface area contributed by atoms with Gasteiger partial charge >= 0.3 is 0 Å². The second-order valence-corrected chi connectivity index (χ2v) is 5.72. The van der Waals surface area contributed by atoms with Crippen molar-refractivity contribution >= 4 is 0 Å². The van der Waals surface area contributed by atoms with Crippen LogP contribution in [-0.2, 0) is 6.54 Å². The summed E-state index contributed by atoms with van der Waals surface area (Å²) in [4.78, 5) is 0. The molecule has 0 saturated carbocycles. The molecule has 2 nitrogen and oxygen atoms in total. The Labute approximate surface area is 132 Å². The molecule has 1 aromatic carbocycles. The lowest BCUT2D eigenvalue weighted by atomic mass is 10.1. The van der Waals surface area contributed by atoms with Crippen LogP contribution in [0.5, 0.6) is 0 Å². The minimum atomic E-state index is -0.226. The molecule has 120 valence electrons. The Morgan fingerprint density at radius 3 is 2.41 bits per heavy atom. The van der Waals surface area contributed by atoms with Crippen LogP contribution in [0.1, 0.15) is 51.2 Å². The van der Waals surface area contributed by atoms with E-state index in [2.05, 4.69) is 12.2 Å². The SMILES string of the molecule is CCCCCCCCNCc1ccc(-c2ccc(F)cc2)o1. The number of hydrogen-bond acceptors (Lipinski definition) is 2. The van der Waals surface area contributed by atoms with E-state index in [1.54, 1.807) is 12.1 Å². The van der Waals surface area contributed by atoms with Gasteiger partial charge in [0.05, 0.1) is 6.54 Å². The van der Waals surface area contributed by atoms with E-state index in [0.29, 0.717) is 0 Å². The third kappa shape index (κ3) is 5.64. The van der Waals surface area contributed by atoms with E-state index in [4.69, 9.17) is 4.42 Å². The highest BCUT2D eigenvalue weighted by atomic mass is 19.1. The van der Waals surface area contributed by atoms with Gasteiger partial charge in [-0.25, -0.2) is 4.39 Å². The lowest BCUT2D eigenvalue weighted by Gasteiger charge is -2.03. The standard InChI is InChI=1S/C19H26FNO/c1-2-3-4-5-6-7-14-21-15-18-12-13-19(22-18)16-8-10-17(20)11-9-16/h8-13,21H,2-7,14-15H2,1H3. The molecule has 0 bridgehead atoms. The molecule has 1 N–H and O–H groups in total. The topological polar surface area (TPSA) is 25.2 Å². The maximum atomic E-state index is 12.9. The molecule has 0 spiro atoms. The van der Waals surface area contributed by atoms with Crippen LogP contribution in [0, 0.1) is 5.82 Å². The molecule has 2 rings (SSSR count). The van der Waals surface area contributed by atoms with Crippen molar-refractivity contribution in [3.8, 4) is 11.3 Å². The van der Waals surface area contributed by atoms with Gasteiger partial charge in [0, 0.05) is 5.56 Å². The van der Waals surface area contributed by atoms with Crippen molar-refractivity contribution in [1.29, 1.82) is 0 Å². The van der Waals surface area contributed by atoms with Crippen LogP contribution in [0.2, 0.25) is 0 Å². The van der Waals surface area contributed by atoms with Crippen LogP contribution in [0.3, 0.4) is 0 Å². The molecule has 0 atom stereocenters. The minimum absolute atomic E-state index is 0.226. The van der Waals surface area contributed by atoms with E-state index in [1.807, 2.05) is 12.1 Å². The van der Waals surface area contributed by atoms with Crippen LogP contribution in [0.4, 0.5) is 4.39 Å². The summed E-state index contributed by atoms with van der Waals surface area (Å²) in [6, 6.07) is 10.3. The number of halogens is 1. The third-order valence-corrected chi connectivity index (χ3v) is 3.80. The van der Waals surface area contributed by atoms with Crippen LogP contribution < -0.4 is 5.32 Å². The second-order valence-electron chi connectivity index (χ2n) is 5.72. The maximum Gasteiger partial charge on any atom is 0.134 e. The quantitative estimate of drug-likeness (QED) is 0.583. The predicted octanol–water partition coefficient (Wildman–Crippen LogP) is 5.54. The van der Waals surface area contributed by atoms with E-state index in [0.717, 1.165) is 30.2 Å². The second kappa shape index (κ2) is 9.42. The van der Waals surface area contributed by atoms with Crippen molar-refractivity contribution in [3.63, 3.8) is 0 Å². The fraction of sp³-hybridized carbons (Fsp3) is 0.474. The van der Waals surface area contributed by atoms with Gasteiger partial charge < -0.3 is 9.73 Å². The number of rotatable bonds is 10. The molecular formula is C19H26FNO. The molecule has 3 heteroatoms. The first kappa shape index (κ1) is 16.8. The monoisotopic (exact) mass is 303 g/mol. The smallest absolute Gasteiger partial charge is 0.134 e. The summed E-state index contributed by atoms with van der Waals surface area (Å²) in [5.41, 5.74) is 0.906. The lowest BCUT2D eigenvalue weighted by Crippen LogP contribution is -2.14. The predicted molar refractivity (Wildman–Crippen MR) is 89.2 cm³/mol. The maximum absolute atomic E-state index is 12.9. The highest BCUT2D eigenvalue weighted by molar-refractivity contribution is 5.57. The number of unbranched alkanes of at least 4 members (excludes halogenated alkanes) is 5. The molecular weight excluding hydrogens is 277 g/mol. The molecule has 0 aliphatic heterocycles. The average molecular weight is 303 g/mol. The van der Waals surface area contributed by atoms with Crippen molar-refractivity contribution in [2.24, 2.45) is 0 Å². The first-order chi connectivity index (χ1) is 10.8. The van der Waals surface area contributed by atoms with Crippen LogP contribution in [0.15, 0.2) is 40.8 Å². The van der Waals surface area contributed by atoms with E-state index < -0.39 is 0 Å². The molecule has 22 heavy (non-hydrogen) atoms. The van der Waals surface area contributed by atoms with E-state index in [1.165, 1.54) is 50.7 Å². The van der Waals surface area contributed by atoms with Gasteiger partial charge in [-0.3, -0.25) is 0 Å². The Kier molecular flexibility index (Phi) is 7.17. The van der Waals surface area contributed by atoms with Crippen molar-refractivity contribution < 1.29 is 8.81 Å². The zero-order valence-corrected chi connectivity index (χ0v) is 13.4. The summed E-state index contributed by atoms with van der Waals surface area (Å²) >= 11 is 0. The molecule has 1 aromatic heterocycles. The molecule has 1 heterocycles. The largest absolute Gasteiger partial charge is 0.460 e. The van der Waals surface area contributed by atoms with Gasteiger partial charge in [-0.2, -0.15) is 0 Å². The summed E-state index contributed by atoms with van der Waals surface area (Å²) in [5.74, 6) is 1.48. The van der Waals surface area contributed by atoms with Gasteiger partial charge in [0.1, 0.15) is 17.3 Å². The van der Waals surface area contributed by atoms with Crippen molar-refractivity contribution in [2.75, 3.05) is 6.54 Å². The molecule has 0 fully saturated rings. The Morgan fingerprint density at radius 2 is 1.64 bits per heavy atom. The minimum Gasteiger partial charge on any atom is -0.460 e. The Hall–Kier alpha value is -1.61. The van der Waals surface area contributed by atoms with Gasteiger partial charge in [0.2, 0.25) is 0 Å².